The molecule has 0 saturated carbocycles. The molecule has 1 rings (SSSR count). The number of oxime groups is 1. The molecule has 0 unspecified atom stereocenters. The van der Waals surface area contributed by atoms with E-state index in [1.54, 1.807) is 25.3 Å². The maximum atomic E-state index is 10.5. The van der Waals surface area contributed by atoms with Crippen molar-refractivity contribution in [2.75, 3.05) is 14.2 Å². The fourth-order valence-electron chi connectivity index (χ4n) is 1.08. The Hall–Kier alpha value is -2.04. The molecule has 0 bridgehead atoms. The van der Waals surface area contributed by atoms with Gasteiger partial charge >= 0.3 is 5.97 Å². The average molecular weight is 223 g/mol. The molecule has 0 atom stereocenters. The van der Waals surface area contributed by atoms with Crippen LogP contribution in [-0.2, 0) is 9.63 Å². The topological polar surface area (TPSA) is 57.1 Å². The van der Waals surface area contributed by atoms with Crippen LogP contribution in [0.25, 0.3) is 0 Å². The van der Waals surface area contributed by atoms with Crippen molar-refractivity contribution in [1.82, 2.24) is 0 Å². The van der Waals surface area contributed by atoms with Gasteiger partial charge in [-0.15, -0.1) is 0 Å². The van der Waals surface area contributed by atoms with Gasteiger partial charge < -0.3 is 14.3 Å². The summed E-state index contributed by atoms with van der Waals surface area (Å²) in [6, 6.07) is 5.23. The molecule has 1 aromatic carbocycles. The number of carbonyl (C=O) groups excluding carboxylic acids is 1. The Morgan fingerprint density at radius 2 is 2.06 bits per heavy atom. The van der Waals surface area contributed by atoms with Crippen molar-refractivity contribution in [3.05, 3.63) is 23.8 Å². The van der Waals surface area contributed by atoms with Gasteiger partial charge in [0.15, 0.2) is 0 Å². The highest BCUT2D eigenvalue weighted by atomic mass is 16.7. The summed E-state index contributed by atoms with van der Waals surface area (Å²) in [4.78, 5) is 14.9. The van der Waals surface area contributed by atoms with Crippen LogP contribution < -0.4 is 9.47 Å². The quantitative estimate of drug-likeness (QED) is 0.442. The van der Waals surface area contributed by atoms with Crippen molar-refractivity contribution < 1.29 is 19.1 Å². The summed E-state index contributed by atoms with van der Waals surface area (Å²) in [6.07, 6.45) is 1.40. The molecule has 1 aromatic rings. The van der Waals surface area contributed by atoms with Crippen LogP contribution in [0, 0.1) is 0 Å². The predicted octanol–water partition coefficient (Wildman–Crippen LogP) is 1.60. The smallest absolute Gasteiger partial charge is 0.331 e. The van der Waals surface area contributed by atoms with E-state index in [2.05, 4.69) is 9.99 Å². The van der Waals surface area contributed by atoms with Gasteiger partial charge in [0.05, 0.1) is 20.4 Å². The number of benzene rings is 1. The summed E-state index contributed by atoms with van der Waals surface area (Å²) in [5, 5.41) is 3.51. The van der Waals surface area contributed by atoms with Gasteiger partial charge in [0.2, 0.25) is 0 Å². The third-order valence-electron chi connectivity index (χ3n) is 1.81. The number of hydrogen-bond acceptors (Lipinski definition) is 5. The van der Waals surface area contributed by atoms with Crippen LogP contribution in [-0.4, -0.2) is 26.4 Å². The van der Waals surface area contributed by atoms with Crippen molar-refractivity contribution in [1.29, 1.82) is 0 Å². The number of ether oxygens (including phenoxy) is 2. The van der Waals surface area contributed by atoms with Gasteiger partial charge in [-0.25, -0.2) is 4.79 Å². The molecule has 0 amide bonds. The molecule has 16 heavy (non-hydrogen) atoms. The fraction of sp³-hybridized carbons (Fsp3) is 0.273. The lowest BCUT2D eigenvalue weighted by Crippen LogP contribution is -1.95. The molecule has 5 nitrogen and oxygen atoms in total. The predicted molar refractivity (Wildman–Crippen MR) is 58.9 cm³/mol. The van der Waals surface area contributed by atoms with Gasteiger partial charge in [0, 0.05) is 18.6 Å². The molecule has 0 aliphatic rings. The van der Waals surface area contributed by atoms with E-state index >= 15 is 0 Å². The van der Waals surface area contributed by atoms with Crippen LogP contribution in [0.5, 0.6) is 11.5 Å². The van der Waals surface area contributed by atoms with Crippen molar-refractivity contribution >= 4 is 12.2 Å². The third kappa shape index (κ3) is 3.27. The zero-order valence-electron chi connectivity index (χ0n) is 9.39. The number of carbonyl (C=O) groups is 1. The Morgan fingerprint density at radius 1 is 1.31 bits per heavy atom. The zero-order chi connectivity index (χ0) is 12.0. The van der Waals surface area contributed by atoms with E-state index in [4.69, 9.17) is 9.47 Å². The molecule has 0 radical (unpaired) electrons. The van der Waals surface area contributed by atoms with Crippen LogP contribution >= 0.6 is 0 Å². The number of methoxy groups -OCH3 is 2. The van der Waals surface area contributed by atoms with Crippen LogP contribution in [0.4, 0.5) is 0 Å². The van der Waals surface area contributed by atoms with Gasteiger partial charge in [-0.3, -0.25) is 0 Å². The number of rotatable bonds is 4. The van der Waals surface area contributed by atoms with E-state index < -0.39 is 5.97 Å². The first-order valence-corrected chi connectivity index (χ1v) is 4.60. The molecular weight excluding hydrogens is 210 g/mol. The molecule has 0 saturated heterocycles. The highest BCUT2D eigenvalue weighted by Gasteiger charge is 2.02. The molecule has 86 valence electrons. The Kier molecular flexibility index (Phi) is 4.32. The van der Waals surface area contributed by atoms with Crippen molar-refractivity contribution in [2.45, 2.75) is 6.92 Å². The second-order valence-electron chi connectivity index (χ2n) is 2.93. The maximum Gasteiger partial charge on any atom is 0.331 e. The van der Waals surface area contributed by atoms with E-state index in [0.29, 0.717) is 17.1 Å². The van der Waals surface area contributed by atoms with E-state index in [-0.39, 0.29) is 0 Å². The normalized spacial score (nSPS) is 10.2. The monoisotopic (exact) mass is 223 g/mol. The van der Waals surface area contributed by atoms with E-state index in [1.165, 1.54) is 20.2 Å². The van der Waals surface area contributed by atoms with E-state index in [1.807, 2.05) is 0 Å². The van der Waals surface area contributed by atoms with Crippen LogP contribution in [0.15, 0.2) is 23.4 Å². The van der Waals surface area contributed by atoms with E-state index in [9.17, 15) is 4.79 Å². The SMILES string of the molecule is COc1ccc(/C=N\OC(C)=O)c(OC)c1. The third-order valence-corrected chi connectivity index (χ3v) is 1.81. The second-order valence-corrected chi connectivity index (χ2v) is 2.93. The summed E-state index contributed by atoms with van der Waals surface area (Å²) in [7, 11) is 3.11. The molecule has 5 heteroatoms. The lowest BCUT2D eigenvalue weighted by molar-refractivity contribution is -0.140. The van der Waals surface area contributed by atoms with Crippen molar-refractivity contribution in [3.8, 4) is 11.5 Å². The van der Waals surface area contributed by atoms with Crippen LogP contribution in [0.1, 0.15) is 12.5 Å². The molecule has 0 aromatic heterocycles. The fourth-order valence-corrected chi connectivity index (χ4v) is 1.08. The molecular formula is C11H13NO4. The highest BCUT2D eigenvalue weighted by Crippen LogP contribution is 2.22. The Morgan fingerprint density at radius 3 is 2.62 bits per heavy atom. The van der Waals surface area contributed by atoms with E-state index in [0.717, 1.165) is 0 Å². The summed E-state index contributed by atoms with van der Waals surface area (Å²) < 4.78 is 10.2. The first-order chi connectivity index (χ1) is 7.67. The summed E-state index contributed by atoms with van der Waals surface area (Å²) >= 11 is 0. The minimum atomic E-state index is -0.469. The van der Waals surface area contributed by atoms with Gasteiger partial charge in [-0.1, -0.05) is 5.16 Å². The maximum absolute atomic E-state index is 10.5. The minimum Gasteiger partial charge on any atom is -0.497 e. The molecule has 0 aliphatic carbocycles. The number of hydrogen-bond donors (Lipinski definition) is 0. The minimum absolute atomic E-state index is 0.469. The first kappa shape index (κ1) is 12.0. The van der Waals surface area contributed by atoms with Crippen molar-refractivity contribution in [3.63, 3.8) is 0 Å². The van der Waals surface area contributed by atoms with Crippen LogP contribution in [0.2, 0.25) is 0 Å². The second kappa shape index (κ2) is 5.75. The lowest BCUT2D eigenvalue weighted by atomic mass is 10.2. The summed E-state index contributed by atoms with van der Waals surface area (Å²) in [5.41, 5.74) is 0.699. The van der Waals surface area contributed by atoms with Gasteiger partial charge in [-0.05, 0) is 12.1 Å². The summed E-state index contributed by atoms with van der Waals surface area (Å²) in [6.45, 7) is 1.28. The molecule has 0 aliphatic heterocycles. The Bertz CT molecular complexity index is 401. The molecule has 0 fully saturated rings. The molecule has 0 spiro atoms. The van der Waals surface area contributed by atoms with Crippen molar-refractivity contribution in [2.24, 2.45) is 5.16 Å². The van der Waals surface area contributed by atoms with Gasteiger partial charge in [0.25, 0.3) is 0 Å². The first-order valence-electron chi connectivity index (χ1n) is 4.60. The number of nitrogens with zero attached hydrogens (tertiary/aromatic N) is 1. The lowest BCUT2D eigenvalue weighted by Gasteiger charge is -2.06. The Labute approximate surface area is 93.6 Å². The average Bonchev–Trinajstić information content (AvgIpc) is 2.29. The Balaban J connectivity index is 2.87. The largest absolute Gasteiger partial charge is 0.497 e. The molecule has 0 heterocycles. The van der Waals surface area contributed by atoms with Crippen LogP contribution in [0.3, 0.4) is 0 Å². The zero-order valence-corrected chi connectivity index (χ0v) is 9.39. The summed E-state index contributed by atoms with van der Waals surface area (Å²) in [5.74, 6) is 0.806. The van der Waals surface area contributed by atoms with Gasteiger partial charge in [0.1, 0.15) is 11.5 Å². The molecule has 0 N–H and O–H groups in total. The van der Waals surface area contributed by atoms with Gasteiger partial charge in [-0.2, -0.15) is 0 Å². The highest BCUT2D eigenvalue weighted by molar-refractivity contribution is 5.84. The standard InChI is InChI=1S/C11H13NO4/c1-8(13)16-12-7-9-4-5-10(14-2)6-11(9)15-3/h4-7H,1-3H3/b12-7-.